The number of hydrogen-bond acceptors (Lipinski definition) is 5. The van der Waals surface area contributed by atoms with Gasteiger partial charge in [-0.15, -0.1) is 0 Å². The number of anilines is 1. The van der Waals surface area contributed by atoms with Crippen LogP contribution in [0.1, 0.15) is 11.1 Å². The van der Waals surface area contributed by atoms with E-state index in [0.717, 1.165) is 24.7 Å². The van der Waals surface area contributed by atoms with Crippen LogP contribution in [0.25, 0.3) is 0 Å². The van der Waals surface area contributed by atoms with Gasteiger partial charge in [-0.3, -0.25) is 0 Å². The van der Waals surface area contributed by atoms with Crippen molar-refractivity contribution in [2.75, 3.05) is 32.5 Å². The van der Waals surface area contributed by atoms with Crippen LogP contribution in [0.15, 0.2) is 35.5 Å². The Morgan fingerprint density at radius 3 is 2.57 bits per heavy atom. The number of aliphatic imine (C=N–C) groups is 1. The van der Waals surface area contributed by atoms with Crippen molar-refractivity contribution in [3.05, 3.63) is 41.6 Å². The minimum Gasteiger partial charge on any atom is -0.325 e. The lowest BCUT2D eigenvalue weighted by atomic mass is 10.1. The number of guanidine groups is 1. The first-order valence-corrected chi connectivity index (χ1v) is 7.23. The molecule has 0 saturated heterocycles. The van der Waals surface area contributed by atoms with E-state index >= 15 is 0 Å². The highest BCUT2D eigenvalue weighted by Crippen LogP contribution is 2.20. The fourth-order valence-electron chi connectivity index (χ4n) is 2.31. The van der Waals surface area contributed by atoms with E-state index in [9.17, 15) is 0 Å². The first-order valence-electron chi connectivity index (χ1n) is 7.23. The molecule has 0 aliphatic carbocycles. The summed E-state index contributed by atoms with van der Waals surface area (Å²) in [6.07, 6.45) is 3.53. The maximum Gasteiger partial charge on any atom is 0.204 e. The lowest BCUT2D eigenvalue weighted by Crippen LogP contribution is -2.51. The monoisotopic (exact) mass is 287 g/mol. The van der Waals surface area contributed by atoms with Crippen molar-refractivity contribution in [3.8, 4) is 0 Å². The molecule has 5 heteroatoms. The molecule has 1 aliphatic heterocycles. The van der Waals surface area contributed by atoms with Crippen LogP contribution in [0.5, 0.6) is 0 Å². The standard InChI is InChI=1S/C16H25N5/c1-12-6-5-7-13(2)15(12)19-16-18-9-8-14(17)21(16)11-10-20(3)4/h5-9,14H,10-11,17H2,1-4H3,(H,18,19). The number of rotatable bonds is 4. The summed E-state index contributed by atoms with van der Waals surface area (Å²) < 4.78 is 0. The summed E-state index contributed by atoms with van der Waals surface area (Å²) in [6, 6.07) is 6.26. The summed E-state index contributed by atoms with van der Waals surface area (Å²) in [6.45, 7) is 5.95. The summed E-state index contributed by atoms with van der Waals surface area (Å²) in [5, 5.41) is 3.45. The average molecular weight is 287 g/mol. The van der Waals surface area contributed by atoms with Crippen LogP contribution >= 0.6 is 0 Å². The molecular formula is C16H25N5. The van der Waals surface area contributed by atoms with Crippen LogP contribution in [0, 0.1) is 13.8 Å². The van der Waals surface area contributed by atoms with E-state index in [-0.39, 0.29) is 6.17 Å². The fraction of sp³-hybridized carbons (Fsp3) is 0.438. The first-order chi connectivity index (χ1) is 9.99. The predicted molar refractivity (Wildman–Crippen MR) is 89.3 cm³/mol. The van der Waals surface area contributed by atoms with Crippen molar-refractivity contribution in [2.45, 2.75) is 20.0 Å². The van der Waals surface area contributed by atoms with E-state index in [4.69, 9.17) is 5.73 Å². The van der Waals surface area contributed by atoms with Crippen LogP contribution in [-0.4, -0.2) is 49.1 Å². The van der Waals surface area contributed by atoms with E-state index in [1.54, 1.807) is 6.20 Å². The Hall–Kier alpha value is -1.85. The number of nitrogens with zero attached hydrogens (tertiary/aromatic N) is 3. The second-order valence-electron chi connectivity index (χ2n) is 5.67. The topological polar surface area (TPSA) is 56.9 Å². The van der Waals surface area contributed by atoms with Gasteiger partial charge in [-0.1, -0.05) is 18.2 Å². The van der Waals surface area contributed by atoms with Gasteiger partial charge in [0.1, 0.15) is 6.17 Å². The summed E-state index contributed by atoms with van der Waals surface area (Å²) in [7, 11) is 4.11. The highest BCUT2D eigenvalue weighted by molar-refractivity contribution is 5.96. The summed E-state index contributed by atoms with van der Waals surface area (Å²) in [5.74, 6) is 0.809. The number of hydrogen-bond donors (Lipinski definition) is 2. The van der Waals surface area contributed by atoms with Gasteiger partial charge in [0.25, 0.3) is 0 Å². The molecule has 0 aromatic heterocycles. The number of aryl methyl sites for hydroxylation is 2. The Morgan fingerprint density at radius 1 is 1.29 bits per heavy atom. The predicted octanol–water partition coefficient (Wildman–Crippen LogP) is 1.75. The molecule has 1 aromatic carbocycles. The van der Waals surface area contributed by atoms with Gasteiger partial charge < -0.3 is 20.9 Å². The molecule has 5 nitrogen and oxygen atoms in total. The number of para-hydroxylation sites is 1. The summed E-state index contributed by atoms with van der Waals surface area (Å²) in [5.41, 5.74) is 9.69. The zero-order valence-corrected chi connectivity index (χ0v) is 13.3. The van der Waals surface area contributed by atoms with Gasteiger partial charge in [0.15, 0.2) is 0 Å². The lowest BCUT2D eigenvalue weighted by Gasteiger charge is -2.33. The van der Waals surface area contributed by atoms with Gasteiger partial charge >= 0.3 is 0 Å². The molecule has 0 amide bonds. The third-order valence-corrected chi connectivity index (χ3v) is 3.62. The van der Waals surface area contributed by atoms with Crippen molar-refractivity contribution in [1.29, 1.82) is 0 Å². The second kappa shape index (κ2) is 6.74. The van der Waals surface area contributed by atoms with Crippen molar-refractivity contribution in [3.63, 3.8) is 0 Å². The Morgan fingerprint density at radius 2 is 1.95 bits per heavy atom. The van der Waals surface area contributed by atoms with Gasteiger partial charge in [-0.2, -0.15) is 0 Å². The zero-order valence-electron chi connectivity index (χ0n) is 13.3. The minimum absolute atomic E-state index is 0.144. The number of benzene rings is 1. The molecule has 0 saturated carbocycles. The average Bonchev–Trinajstić information content (AvgIpc) is 2.42. The number of nitrogens with one attached hydrogen (secondary N) is 1. The Labute approximate surface area is 127 Å². The highest BCUT2D eigenvalue weighted by atomic mass is 15.4. The molecule has 1 aromatic rings. The molecule has 114 valence electrons. The van der Waals surface area contributed by atoms with E-state index in [2.05, 4.69) is 66.3 Å². The van der Waals surface area contributed by atoms with E-state index in [1.807, 2.05) is 6.08 Å². The van der Waals surface area contributed by atoms with E-state index < -0.39 is 0 Å². The van der Waals surface area contributed by atoms with Crippen LogP contribution in [0.2, 0.25) is 0 Å². The van der Waals surface area contributed by atoms with Crippen molar-refractivity contribution in [2.24, 2.45) is 10.7 Å². The van der Waals surface area contributed by atoms with Gasteiger partial charge in [0.2, 0.25) is 5.96 Å². The minimum atomic E-state index is -0.144. The number of nitrogens with two attached hydrogens (primary N) is 1. The quantitative estimate of drug-likeness (QED) is 0.886. The molecular weight excluding hydrogens is 262 g/mol. The SMILES string of the molecule is Cc1cccc(C)c1NC1=NC=CC(N)N1CCN(C)C. The third kappa shape index (κ3) is 3.83. The van der Waals surface area contributed by atoms with Crippen molar-refractivity contribution in [1.82, 2.24) is 9.80 Å². The largest absolute Gasteiger partial charge is 0.325 e. The Balaban J connectivity index is 2.19. The van der Waals surface area contributed by atoms with Crippen LogP contribution < -0.4 is 11.1 Å². The molecule has 0 spiro atoms. The van der Waals surface area contributed by atoms with Gasteiger partial charge in [0.05, 0.1) is 0 Å². The molecule has 1 aliphatic rings. The normalized spacial score (nSPS) is 18.1. The number of likely N-dealkylation sites (N-methyl/N-ethyl adjacent to an activating group) is 1. The maximum atomic E-state index is 6.19. The smallest absolute Gasteiger partial charge is 0.204 e. The molecule has 3 N–H and O–H groups in total. The molecule has 2 rings (SSSR count). The van der Waals surface area contributed by atoms with Crippen LogP contribution in [-0.2, 0) is 0 Å². The van der Waals surface area contributed by atoms with Crippen LogP contribution in [0.3, 0.4) is 0 Å². The lowest BCUT2D eigenvalue weighted by molar-refractivity contribution is 0.299. The molecule has 1 atom stereocenters. The molecule has 0 fully saturated rings. The molecule has 1 unspecified atom stereocenters. The third-order valence-electron chi connectivity index (χ3n) is 3.62. The molecule has 1 heterocycles. The Bertz CT molecular complexity index is 527. The van der Waals surface area contributed by atoms with E-state index in [1.165, 1.54) is 11.1 Å². The first kappa shape index (κ1) is 15.5. The Kier molecular flexibility index (Phi) is 4.98. The molecule has 21 heavy (non-hydrogen) atoms. The highest BCUT2D eigenvalue weighted by Gasteiger charge is 2.20. The summed E-state index contributed by atoms with van der Waals surface area (Å²) in [4.78, 5) is 8.70. The van der Waals surface area contributed by atoms with Gasteiger partial charge in [-0.25, -0.2) is 4.99 Å². The summed E-state index contributed by atoms with van der Waals surface area (Å²) >= 11 is 0. The van der Waals surface area contributed by atoms with Gasteiger partial charge in [0, 0.05) is 25.0 Å². The zero-order chi connectivity index (χ0) is 15.4. The van der Waals surface area contributed by atoms with Gasteiger partial charge in [-0.05, 0) is 45.1 Å². The van der Waals surface area contributed by atoms with Crippen LogP contribution in [0.4, 0.5) is 5.69 Å². The van der Waals surface area contributed by atoms with Crippen molar-refractivity contribution < 1.29 is 0 Å². The van der Waals surface area contributed by atoms with E-state index in [0.29, 0.717) is 0 Å². The fourth-order valence-corrected chi connectivity index (χ4v) is 2.31. The van der Waals surface area contributed by atoms with Crippen molar-refractivity contribution >= 4 is 11.6 Å². The second-order valence-corrected chi connectivity index (χ2v) is 5.67. The molecule has 0 radical (unpaired) electrons. The molecule has 0 bridgehead atoms. The maximum absolute atomic E-state index is 6.19.